The maximum Gasteiger partial charge on any atom is 0.266 e. The topological polar surface area (TPSA) is 81.1 Å². The van der Waals surface area contributed by atoms with Gasteiger partial charge in [0, 0.05) is 16.1 Å². The molecule has 1 heterocycles. The maximum absolute atomic E-state index is 13.5. The van der Waals surface area contributed by atoms with E-state index in [2.05, 4.69) is 12.2 Å². The van der Waals surface area contributed by atoms with Crippen molar-refractivity contribution >= 4 is 51.6 Å². The number of benzene rings is 4. The van der Waals surface area contributed by atoms with Crippen LogP contribution in [0.25, 0.3) is 16.6 Å². The van der Waals surface area contributed by atoms with Crippen molar-refractivity contribution in [2.24, 2.45) is 0 Å². The van der Waals surface area contributed by atoms with Crippen LogP contribution in [0.3, 0.4) is 0 Å². The largest absolute Gasteiger partial charge is 0.325 e. The van der Waals surface area contributed by atoms with Gasteiger partial charge < -0.3 is 5.32 Å². The van der Waals surface area contributed by atoms with Crippen molar-refractivity contribution in [3.8, 4) is 5.69 Å². The predicted octanol–water partition coefficient (Wildman–Crippen LogP) is 6.56. The molecule has 0 atom stereocenters. The van der Waals surface area contributed by atoms with Crippen molar-refractivity contribution < 1.29 is 9.59 Å². The number of hydrogen-bond acceptors (Lipinski definition) is 5. The molecule has 0 spiro atoms. The summed E-state index contributed by atoms with van der Waals surface area (Å²) < 4.78 is 1.53. The molecule has 0 saturated heterocycles. The number of fused-ring (bicyclic) bond motifs is 1. The van der Waals surface area contributed by atoms with Crippen molar-refractivity contribution in [2.45, 2.75) is 18.5 Å². The zero-order valence-corrected chi connectivity index (χ0v) is 22.6. The summed E-state index contributed by atoms with van der Waals surface area (Å²) >= 11 is 7.32. The van der Waals surface area contributed by atoms with Crippen LogP contribution in [0.1, 0.15) is 28.4 Å². The quantitative estimate of drug-likeness (QED) is 0.134. The van der Waals surface area contributed by atoms with E-state index in [9.17, 15) is 14.4 Å². The van der Waals surface area contributed by atoms with Crippen LogP contribution in [-0.4, -0.2) is 27.0 Å². The molecule has 6 nitrogen and oxygen atoms in total. The van der Waals surface area contributed by atoms with Crippen LogP contribution in [0.15, 0.2) is 107 Å². The normalized spacial score (nSPS) is 10.9. The maximum atomic E-state index is 13.5. The fraction of sp³-hybridized carbons (Fsp3) is 0.0968. The van der Waals surface area contributed by atoms with E-state index in [0.29, 0.717) is 43.6 Å². The summed E-state index contributed by atoms with van der Waals surface area (Å²) in [6.45, 7) is 2.07. The number of amides is 1. The second-order valence-corrected chi connectivity index (χ2v) is 10.2. The lowest BCUT2D eigenvalue weighted by molar-refractivity contribution is -0.113. The van der Waals surface area contributed by atoms with Gasteiger partial charge in [-0.05, 0) is 54.4 Å². The molecular formula is C31H24ClN3O3S. The van der Waals surface area contributed by atoms with E-state index in [0.717, 1.165) is 23.7 Å². The Morgan fingerprint density at radius 1 is 0.923 bits per heavy atom. The molecule has 0 unspecified atom stereocenters. The molecule has 8 heteroatoms. The van der Waals surface area contributed by atoms with Gasteiger partial charge in [-0.3, -0.25) is 19.0 Å². The Bertz CT molecular complexity index is 1730. The first-order valence-corrected chi connectivity index (χ1v) is 13.7. The average Bonchev–Trinajstić information content (AvgIpc) is 2.97. The second-order valence-electron chi connectivity index (χ2n) is 8.79. The van der Waals surface area contributed by atoms with E-state index in [1.807, 2.05) is 36.4 Å². The standard InChI is InChI=1S/C31H24ClN3O3S/c1-2-20-12-15-23(16-13-20)35-30(38)24-10-6-7-11-26(24)34-31(35)39-19-28(36)33-27-17-14-22(32)18-25(27)29(37)21-8-4-3-5-9-21/h3-18H,2,19H2,1H3,(H,33,36). The Hall–Kier alpha value is -4.20. The van der Waals surface area contributed by atoms with Crippen LogP contribution >= 0.6 is 23.4 Å². The number of thioether (sulfide) groups is 1. The van der Waals surface area contributed by atoms with Gasteiger partial charge in [-0.1, -0.05) is 84.9 Å². The number of aromatic nitrogens is 2. The first-order chi connectivity index (χ1) is 18.9. The van der Waals surface area contributed by atoms with Crippen molar-refractivity contribution in [1.29, 1.82) is 0 Å². The number of halogens is 1. The van der Waals surface area contributed by atoms with Crippen molar-refractivity contribution in [2.75, 3.05) is 11.1 Å². The third kappa shape index (κ3) is 5.79. The predicted molar refractivity (Wildman–Crippen MR) is 157 cm³/mol. The number of carbonyl (C=O) groups is 2. The highest BCUT2D eigenvalue weighted by atomic mass is 35.5. The molecule has 39 heavy (non-hydrogen) atoms. The Labute approximate surface area is 234 Å². The molecule has 0 radical (unpaired) electrons. The lowest BCUT2D eigenvalue weighted by atomic mass is 10.0. The SMILES string of the molecule is CCc1ccc(-n2c(SCC(=O)Nc3ccc(Cl)cc3C(=O)c3ccccc3)nc3ccccc3c2=O)cc1. The molecule has 5 rings (SSSR count). The number of hydrogen-bond donors (Lipinski definition) is 1. The fourth-order valence-corrected chi connectivity index (χ4v) is 5.18. The van der Waals surface area contributed by atoms with E-state index >= 15 is 0 Å². The van der Waals surface area contributed by atoms with Gasteiger partial charge in [0.05, 0.1) is 28.0 Å². The zero-order chi connectivity index (χ0) is 27.4. The summed E-state index contributed by atoms with van der Waals surface area (Å²) in [6.07, 6.45) is 0.881. The third-order valence-corrected chi connectivity index (χ3v) is 7.39. The zero-order valence-electron chi connectivity index (χ0n) is 21.1. The molecule has 0 aliphatic carbocycles. The van der Waals surface area contributed by atoms with Crippen LogP contribution in [-0.2, 0) is 11.2 Å². The summed E-state index contributed by atoms with van der Waals surface area (Å²) in [5.74, 6) is -0.624. The summed E-state index contributed by atoms with van der Waals surface area (Å²) in [5, 5.41) is 4.11. The Morgan fingerprint density at radius 2 is 1.64 bits per heavy atom. The molecule has 0 fully saturated rings. The molecular weight excluding hydrogens is 530 g/mol. The molecule has 5 aromatic rings. The highest BCUT2D eigenvalue weighted by molar-refractivity contribution is 7.99. The van der Waals surface area contributed by atoms with Crippen LogP contribution < -0.4 is 10.9 Å². The molecule has 1 amide bonds. The number of aryl methyl sites for hydroxylation is 1. The Balaban J connectivity index is 1.43. The van der Waals surface area contributed by atoms with E-state index in [-0.39, 0.29) is 23.0 Å². The molecule has 1 aromatic heterocycles. The first kappa shape index (κ1) is 26.4. The molecule has 0 aliphatic rings. The minimum atomic E-state index is -0.347. The van der Waals surface area contributed by atoms with Crippen LogP contribution in [0.4, 0.5) is 5.69 Å². The number of carbonyl (C=O) groups excluding carboxylic acids is 2. The molecule has 0 aliphatic heterocycles. The van der Waals surface area contributed by atoms with Gasteiger partial charge in [-0.2, -0.15) is 0 Å². The van der Waals surface area contributed by atoms with Crippen LogP contribution in [0, 0.1) is 0 Å². The highest BCUT2D eigenvalue weighted by Gasteiger charge is 2.18. The third-order valence-electron chi connectivity index (χ3n) is 6.22. The van der Waals surface area contributed by atoms with Gasteiger partial charge in [0.2, 0.25) is 5.91 Å². The number of para-hydroxylation sites is 1. The van der Waals surface area contributed by atoms with Gasteiger partial charge >= 0.3 is 0 Å². The number of nitrogens with zero attached hydrogens (tertiary/aromatic N) is 2. The number of rotatable bonds is 8. The first-order valence-electron chi connectivity index (χ1n) is 12.4. The minimum absolute atomic E-state index is 0.0284. The fourth-order valence-electron chi connectivity index (χ4n) is 4.19. The molecule has 4 aromatic carbocycles. The lowest BCUT2D eigenvalue weighted by Crippen LogP contribution is -2.23. The Morgan fingerprint density at radius 3 is 2.38 bits per heavy atom. The van der Waals surface area contributed by atoms with Gasteiger partial charge in [-0.15, -0.1) is 0 Å². The minimum Gasteiger partial charge on any atom is -0.325 e. The van der Waals surface area contributed by atoms with Gasteiger partial charge in [-0.25, -0.2) is 4.98 Å². The van der Waals surface area contributed by atoms with E-state index in [1.54, 1.807) is 60.7 Å². The number of ketones is 1. The molecule has 1 N–H and O–H groups in total. The summed E-state index contributed by atoms with van der Waals surface area (Å²) in [4.78, 5) is 44.4. The van der Waals surface area contributed by atoms with E-state index in [4.69, 9.17) is 16.6 Å². The van der Waals surface area contributed by atoms with Crippen molar-refractivity contribution in [3.05, 3.63) is 129 Å². The van der Waals surface area contributed by atoms with Gasteiger partial charge in [0.1, 0.15) is 0 Å². The number of nitrogens with one attached hydrogen (secondary N) is 1. The van der Waals surface area contributed by atoms with Gasteiger partial charge in [0.25, 0.3) is 5.56 Å². The smallest absolute Gasteiger partial charge is 0.266 e. The van der Waals surface area contributed by atoms with Gasteiger partial charge in [0.15, 0.2) is 10.9 Å². The monoisotopic (exact) mass is 553 g/mol. The summed E-state index contributed by atoms with van der Waals surface area (Å²) in [6, 6.07) is 28.4. The summed E-state index contributed by atoms with van der Waals surface area (Å²) in [5.41, 5.74) is 3.32. The highest BCUT2D eigenvalue weighted by Crippen LogP contribution is 2.26. The van der Waals surface area contributed by atoms with E-state index < -0.39 is 0 Å². The van der Waals surface area contributed by atoms with Crippen LogP contribution in [0.5, 0.6) is 0 Å². The summed E-state index contributed by atoms with van der Waals surface area (Å²) in [7, 11) is 0. The molecule has 0 bridgehead atoms. The molecule has 194 valence electrons. The molecule has 0 saturated carbocycles. The second kappa shape index (κ2) is 11.7. The average molecular weight is 554 g/mol. The van der Waals surface area contributed by atoms with E-state index in [1.165, 1.54) is 4.57 Å². The Kier molecular flexibility index (Phi) is 7.91. The lowest BCUT2D eigenvalue weighted by Gasteiger charge is -2.14. The van der Waals surface area contributed by atoms with Crippen molar-refractivity contribution in [1.82, 2.24) is 9.55 Å². The van der Waals surface area contributed by atoms with Crippen molar-refractivity contribution in [3.63, 3.8) is 0 Å². The van der Waals surface area contributed by atoms with Crippen LogP contribution in [0.2, 0.25) is 5.02 Å². The number of anilines is 1.